The van der Waals surface area contributed by atoms with E-state index in [1.54, 1.807) is 17.6 Å². The summed E-state index contributed by atoms with van der Waals surface area (Å²) in [4.78, 5) is 1.17. The maximum absolute atomic E-state index is 6.12. The molecule has 0 aliphatic heterocycles. The molecule has 0 saturated carbocycles. The van der Waals surface area contributed by atoms with Crippen LogP contribution in [0.5, 0.6) is 0 Å². The first-order valence-corrected chi connectivity index (χ1v) is 8.32. The van der Waals surface area contributed by atoms with E-state index >= 15 is 0 Å². The van der Waals surface area contributed by atoms with Gasteiger partial charge in [-0.25, -0.2) is 0 Å². The van der Waals surface area contributed by atoms with Gasteiger partial charge in [-0.05, 0) is 57.0 Å². The van der Waals surface area contributed by atoms with E-state index in [4.69, 9.17) is 16.0 Å². The zero-order valence-corrected chi connectivity index (χ0v) is 14.4. The van der Waals surface area contributed by atoms with Crippen LogP contribution in [0.2, 0.25) is 4.34 Å². The highest BCUT2D eigenvalue weighted by Crippen LogP contribution is 2.39. The predicted octanol–water partition coefficient (Wildman–Crippen LogP) is 5.61. The summed E-state index contributed by atoms with van der Waals surface area (Å²) in [6.45, 7) is 3.08. The van der Waals surface area contributed by atoms with E-state index in [0.29, 0.717) is 0 Å². The molecule has 0 aliphatic carbocycles. The second kappa shape index (κ2) is 6.57. The topological polar surface area (TPSA) is 25.2 Å². The van der Waals surface area contributed by atoms with Crippen molar-refractivity contribution in [1.82, 2.24) is 5.32 Å². The van der Waals surface area contributed by atoms with Gasteiger partial charge in [0.1, 0.15) is 4.34 Å². The lowest BCUT2D eigenvalue weighted by Gasteiger charge is -2.16. The van der Waals surface area contributed by atoms with Crippen molar-refractivity contribution in [3.05, 3.63) is 42.3 Å². The van der Waals surface area contributed by atoms with Crippen LogP contribution in [0, 0.1) is 0 Å². The van der Waals surface area contributed by atoms with E-state index in [2.05, 4.69) is 50.2 Å². The number of furan rings is 1. The average Bonchev–Trinajstić information content (AvgIpc) is 2.88. The number of nitrogens with one attached hydrogen (secondary N) is 1. The molecule has 1 unspecified atom stereocenters. The highest BCUT2D eigenvalue weighted by Gasteiger charge is 2.21. The second-order valence-electron chi connectivity index (χ2n) is 3.81. The van der Waals surface area contributed by atoms with Crippen LogP contribution < -0.4 is 5.32 Å². The van der Waals surface area contributed by atoms with E-state index in [-0.39, 0.29) is 6.04 Å². The molecule has 2 aromatic rings. The van der Waals surface area contributed by atoms with E-state index in [9.17, 15) is 0 Å². The Morgan fingerprint density at radius 1 is 1.50 bits per heavy atom. The lowest BCUT2D eigenvalue weighted by atomic mass is 10.1. The van der Waals surface area contributed by atoms with Crippen LogP contribution in [0.1, 0.15) is 29.8 Å². The summed E-state index contributed by atoms with van der Waals surface area (Å²) in [6.07, 6.45) is 2.76. The van der Waals surface area contributed by atoms with Gasteiger partial charge in [-0.3, -0.25) is 0 Å². The summed E-state index contributed by atoms with van der Waals surface area (Å²) >= 11 is 14.6. The molecular weight excluding hydrogens is 401 g/mol. The van der Waals surface area contributed by atoms with Crippen molar-refractivity contribution in [1.29, 1.82) is 0 Å². The molecule has 0 saturated heterocycles. The molecular formula is C12H12Br2ClNOS. The van der Waals surface area contributed by atoms with Crippen LogP contribution in [-0.2, 0) is 0 Å². The fourth-order valence-electron chi connectivity index (χ4n) is 1.67. The predicted molar refractivity (Wildman–Crippen MR) is 83.6 cm³/mol. The summed E-state index contributed by atoms with van der Waals surface area (Å²) in [6, 6.07) is 4.13. The largest absolute Gasteiger partial charge is 0.457 e. The summed E-state index contributed by atoms with van der Waals surface area (Å²) in [7, 11) is 0. The smallest absolute Gasteiger partial charge is 0.174 e. The van der Waals surface area contributed by atoms with Crippen LogP contribution in [0.15, 0.2) is 32.0 Å². The van der Waals surface area contributed by atoms with Crippen molar-refractivity contribution < 1.29 is 4.42 Å². The SMILES string of the molecule is CCCNC(c1cc(Br)c(Cl)s1)c1ccoc1Br. The first kappa shape index (κ1) is 14.6. The third-order valence-corrected chi connectivity index (χ3v) is 5.69. The van der Waals surface area contributed by atoms with Crippen LogP contribution in [0.25, 0.3) is 0 Å². The first-order chi connectivity index (χ1) is 8.63. The minimum atomic E-state index is 0.104. The van der Waals surface area contributed by atoms with Crippen molar-refractivity contribution in [2.24, 2.45) is 0 Å². The number of hydrogen-bond donors (Lipinski definition) is 1. The van der Waals surface area contributed by atoms with Gasteiger partial charge in [0.15, 0.2) is 4.67 Å². The standard InChI is InChI=1S/C12H12Br2ClNOS/c1-2-4-16-10(7-3-5-17-11(7)14)9-6-8(13)12(15)18-9/h3,5-6,10,16H,2,4H2,1H3. The Balaban J connectivity index is 2.33. The van der Waals surface area contributed by atoms with Gasteiger partial charge < -0.3 is 9.73 Å². The quantitative estimate of drug-likeness (QED) is 0.689. The van der Waals surface area contributed by atoms with Gasteiger partial charge in [-0.1, -0.05) is 18.5 Å². The molecule has 0 aliphatic rings. The average molecular weight is 414 g/mol. The minimum absolute atomic E-state index is 0.104. The van der Waals surface area contributed by atoms with Crippen molar-refractivity contribution in [2.45, 2.75) is 19.4 Å². The van der Waals surface area contributed by atoms with Crippen LogP contribution in [0.4, 0.5) is 0 Å². The van der Waals surface area contributed by atoms with Crippen LogP contribution >= 0.6 is 54.8 Å². The molecule has 1 atom stereocenters. The normalized spacial score (nSPS) is 12.9. The van der Waals surface area contributed by atoms with Crippen molar-refractivity contribution in [3.63, 3.8) is 0 Å². The molecule has 2 rings (SSSR count). The maximum Gasteiger partial charge on any atom is 0.174 e. The zero-order valence-electron chi connectivity index (χ0n) is 9.67. The first-order valence-electron chi connectivity index (χ1n) is 5.54. The Kier molecular flexibility index (Phi) is 5.33. The monoisotopic (exact) mass is 411 g/mol. The summed E-state index contributed by atoms with van der Waals surface area (Å²) in [5, 5.41) is 3.51. The van der Waals surface area contributed by atoms with Crippen molar-refractivity contribution >= 4 is 54.8 Å². The molecule has 0 bridgehead atoms. The zero-order chi connectivity index (χ0) is 13.1. The molecule has 2 aromatic heterocycles. The molecule has 2 heterocycles. The summed E-state index contributed by atoms with van der Waals surface area (Å²) < 4.78 is 7.79. The van der Waals surface area contributed by atoms with E-state index in [0.717, 1.165) is 32.0 Å². The van der Waals surface area contributed by atoms with Crippen LogP contribution in [0.3, 0.4) is 0 Å². The number of halogens is 3. The van der Waals surface area contributed by atoms with Gasteiger partial charge in [-0.2, -0.15) is 0 Å². The Morgan fingerprint density at radius 2 is 2.28 bits per heavy atom. The number of thiophene rings is 1. The van der Waals surface area contributed by atoms with Gasteiger partial charge >= 0.3 is 0 Å². The van der Waals surface area contributed by atoms with Gasteiger partial charge in [0.25, 0.3) is 0 Å². The Morgan fingerprint density at radius 3 is 2.78 bits per heavy atom. The summed E-state index contributed by atoms with van der Waals surface area (Å²) in [5.74, 6) is 0. The lowest BCUT2D eigenvalue weighted by molar-refractivity contribution is 0.525. The Bertz CT molecular complexity index is 506. The molecule has 0 spiro atoms. The number of rotatable bonds is 5. The fourth-order valence-corrected chi connectivity index (χ4v) is 3.97. The molecule has 0 amide bonds. The molecule has 0 radical (unpaired) electrons. The van der Waals surface area contributed by atoms with Gasteiger partial charge in [0.2, 0.25) is 0 Å². The molecule has 1 N–H and O–H groups in total. The third-order valence-electron chi connectivity index (χ3n) is 2.50. The summed E-state index contributed by atoms with van der Waals surface area (Å²) in [5.41, 5.74) is 1.09. The minimum Gasteiger partial charge on any atom is -0.457 e. The second-order valence-corrected chi connectivity index (χ2v) is 7.07. The van der Waals surface area contributed by atoms with E-state index in [1.807, 2.05) is 6.07 Å². The molecule has 18 heavy (non-hydrogen) atoms. The Hall–Kier alpha value is 0.190. The number of hydrogen-bond acceptors (Lipinski definition) is 3. The highest BCUT2D eigenvalue weighted by atomic mass is 79.9. The molecule has 0 fully saturated rings. The third kappa shape index (κ3) is 3.20. The molecule has 98 valence electrons. The molecule has 6 heteroatoms. The van der Waals surface area contributed by atoms with Gasteiger partial charge in [0.05, 0.1) is 12.3 Å². The maximum atomic E-state index is 6.12. The molecule has 0 aromatic carbocycles. The van der Waals surface area contributed by atoms with Crippen molar-refractivity contribution in [3.8, 4) is 0 Å². The van der Waals surface area contributed by atoms with Crippen LogP contribution in [-0.4, -0.2) is 6.54 Å². The van der Waals surface area contributed by atoms with E-state index in [1.165, 1.54) is 4.88 Å². The highest BCUT2D eigenvalue weighted by molar-refractivity contribution is 9.10. The van der Waals surface area contributed by atoms with E-state index < -0.39 is 0 Å². The molecule has 2 nitrogen and oxygen atoms in total. The van der Waals surface area contributed by atoms with Gasteiger partial charge in [-0.15, -0.1) is 11.3 Å². The van der Waals surface area contributed by atoms with Crippen molar-refractivity contribution in [2.75, 3.05) is 6.54 Å². The fraction of sp³-hybridized carbons (Fsp3) is 0.333. The van der Waals surface area contributed by atoms with Gasteiger partial charge in [0, 0.05) is 14.9 Å². The lowest BCUT2D eigenvalue weighted by Crippen LogP contribution is -2.22. The Labute approximate surface area is 132 Å².